The van der Waals surface area contributed by atoms with Gasteiger partial charge in [-0.05, 0) is 56.3 Å². The fraction of sp³-hybridized carbons (Fsp3) is 0.391. The van der Waals surface area contributed by atoms with Crippen LogP contribution in [0.5, 0.6) is 0 Å². The van der Waals surface area contributed by atoms with Gasteiger partial charge >= 0.3 is 0 Å². The van der Waals surface area contributed by atoms with E-state index in [0.717, 1.165) is 47.7 Å². The van der Waals surface area contributed by atoms with Gasteiger partial charge in [0.15, 0.2) is 5.65 Å². The summed E-state index contributed by atoms with van der Waals surface area (Å²) in [5.41, 5.74) is 12.1. The van der Waals surface area contributed by atoms with Crippen molar-refractivity contribution in [3.05, 3.63) is 41.7 Å². The molecule has 4 rings (SSSR count). The van der Waals surface area contributed by atoms with Gasteiger partial charge in [0.05, 0.1) is 5.52 Å². The predicted octanol–water partition coefficient (Wildman–Crippen LogP) is 5.01. The first-order valence-corrected chi connectivity index (χ1v) is 10.5. The standard InChI is InChI=1S/C23H30N6/c1-4-6-7-10-29(5-2)14-16-8-9-19-17(11-16)12-20(27-19)18-13-21(24)28-23-22(18)25-15(3)26-23/h8-9,11-13,27H,4-7,10,14H2,1-3H3,(H3,24,25,26,28). The number of nitrogen functional groups attached to an aromatic ring is 1. The third-order valence-corrected chi connectivity index (χ3v) is 5.51. The first-order valence-electron chi connectivity index (χ1n) is 10.5. The summed E-state index contributed by atoms with van der Waals surface area (Å²) >= 11 is 0. The van der Waals surface area contributed by atoms with Crippen molar-refractivity contribution in [2.24, 2.45) is 0 Å². The number of hydrogen-bond acceptors (Lipinski definition) is 4. The highest BCUT2D eigenvalue weighted by Crippen LogP contribution is 2.30. The SMILES string of the molecule is CCCCCN(CC)Cc1ccc2[nH]c(-c3cc(N)nc4nc(C)[nH]c34)cc2c1. The van der Waals surface area contributed by atoms with Crippen molar-refractivity contribution in [3.8, 4) is 11.3 Å². The summed E-state index contributed by atoms with van der Waals surface area (Å²) in [4.78, 5) is 18.1. The number of pyridine rings is 1. The van der Waals surface area contributed by atoms with Gasteiger partial charge in [-0.1, -0.05) is 32.8 Å². The molecule has 0 amide bonds. The lowest BCUT2D eigenvalue weighted by Crippen LogP contribution is -2.23. The summed E-state index contributed by atoms with van der Waals surface area (Å²) < 4.78 is 0. The summed E-state index contributed by atoms with van der Waals surface area (Å²) in [7, 11) is 0. The number of nitrogens with zero attached hydrogens (tertiary/aromatic N) is 3. The molecule has 6 nitrogen and oxygen atoms in total. The van der Waals surface area contributed by atoms with Crippen LogP contribution in [0.15, 0.2) is 30.3 Å². The van der Waals surface area contributed by atoms with E-state index < -0.39 is 0 Å². The molecule has 0 aliphatic heterocycles. The van der Waals surface area contributed by atoms with E-state index in [4.69, 9.17) is 5.73 Å². The molecule has 1 aromatic carbocycles. The first kappa shape index (κ1) is 19.5. The molecule has 4 N–H and O–H groups in total. The molecule has 29 heavy (non-hydrogen) atoms. The monoisotopic (exact) mass is 390 g/mol. The molecule has 3 heterocycles. The number of aryl methyl sites for hydroxylation is 1. The zero-order valence-electron chi connectivity index (χ0n) is 17.5. The predicted molar refractivity (Wildman–Crippen MR) is 121 cm³/mol. The smallest absolute Gasteiger partial charge is 0.180 e. The van der Waals surface area contributed by atoms with Gasteiger partial charge in [-0.25, -0.2) is 9.97 Å². The number of aromatic amines is 2. The Morgan fingerprint density at radius 1 is 1.03 bits per heavy atom. The van der Waals surface area contributed by atoms with E-state index in [2.05, 4.69) is 62.9 Å². The van der Waals surface area contributed by atoms with Crippen molar-refractivity contribution in [3.63, 3.8) is 0 Å². The first-order chi connectivity index (χ1) is 14.1. The van der Waals surface area contributed by atoms with E-state index >= 15 is 0 Å². The van der Waals surface area contributed by atoms with Crippen LogP contribution in [0.2, 0.25) is 0 Å². The quantitative estimate of drug-likeness (QED) is 0.369. The minimum absolute atomic E-state index is 0.476. The number of H-pyrrole nitrogens is 2. The summed E-state index contributed by atoms with van der Waals surface area (Å²) in [6, 6.07) is 10.8. The number of anilines is 1. The molecule has 0 spiro atoms. The Balaban J connectivity index is 1.64. The van der Waals surface area contributed by atoms with Gasteiger partial charge in [0.1, 0.15) is 11.6 Å². The van der Waals surface area contributed by atoms with E-state index in [0.29, 0.717) is 11.5 Å². The highest BCUT2D eigenvalue weighted by molar-refractivity contribution is 5.95. The molecule has 0 radical (unpaired) electrons. The van der Waals surface area contributed by atoms with Gasteiger partial charge < -0.3 is 15.7 Å². The highest BCUT2D eigenvalue weighted by Gasteiger charge is 2.13. The Kier molecular flexibility index (Phi) is 5.53. The lowest BCUT2D eigenvalue weighted by molar-refractivity contribution is 0.273. The van der Waals surface area contributed by atoms with Gasteiger partial charge in [0.2, 0.25) is 0 Å². The molecule has 0 aliphatic carbocycles. The lowest BCUT2D eigenvalue weighted by atomic mass is 10.1. The van der Waals surface area contributed by atoms with Crippen LogP contribution in [0.3, 0.4) is 0 Å². The average Bonchev–Trinajstić information content (AvgIpc) is 3.28. The maximum atomic E-state index is 6.03. The second kappa shape index (κ2) is 8.25. The summed E-state index contributed by atoms with van der Waals surface area (Å²) in [6.45, 7) is 9.65. The van der Waals surface area contributed by atoms with E-state index in [1.165, 1.54) is 30.2 Å². The van der Waals surface area contributed by atoms with Crippen LogP contribution in [0, 0.1) is 6.92 Å². The summed E-state index contributed by atoms with van der Waals surface area (Å²) in [5, 5.41) is 1.21. The number of nitrogens with one attached hydrogen (secondary N) is 2. The van der Waals surface area contributed by atoms with Crippen LogP contribution >= 0.6 is 0 Å². The number of hydrogen-bond donors (Lipinski definition) is 3. The van der Waals surface area contributed by atoms with Crippen LogP contribution in [0.25, 0.3) is 33.3 Å². The molecule has 3 aromatic heterocycles. The summed E-state index contributed by atoms with van der Waals surface area (Å²) in [5.74, 6) is 1.31. The molecule has 0 fully saturated rings. The minimum atomic E-state index is 0.476. The fourth-order valence-electron chi connectivity index (χ4n) is 3.95. The fourth-order valence-corrected chi connectivity index (χ4v) is 3.95. The number of benzene rings is 1. The van der Waals surface area contributed by atoms with Crippen LogP contribution < -0.4 is 5.73 Å². The van der Waals surface area contributed by atoms with Crippen LogP contribution in [-0.2, 0) is 6.54 Å². The maximum absolute atomic E-state index is 6.03. The molecule has 4 aromatic rings. The maximum Gasteiger partial charge on any atom is 0.180 e. The molecule has 0 bridgehead atoms. The van der Waals surface area contributed by atoms with Gasteiger partial charge in [-0.2, -0.15) is 0 Å². The Morgan fingerprint density at radius 2 is 1.90 bits per heavy atom. The topological polar surface area (TPSA) is 86.6 Å². The third kappa shape index (κ3) is 4.12. The van der Waals surface area contributed by atoms with Gasteiger partial charge in [-0.15, -0.1) is 0 Å². The Labute approximate surface area is 171 Å². The Morgan fingerprint density at radius 3 is 2.69 bits per heavy atom. The molecule has 0 unspecified atom stereocenters. The molecule has 6 heteroatoms. The number of unbranched alkanes of at least 4 members (excludes halogenated alkanes) is 2. The van der Waals surface area contributed by atoms with Crippen molar-refractivity contribution in [2.75, 3.05) is 18.8 Å². The number of rotatable bonds is 8. The molecular weight excluding hydrogens is 360 g/mol. The van der Waals surface area contributed by atoms with E-state index in [9.17, 15) is 0 Å². The van der Waals surface area contributed by atoms with Crippen LogP contribution in [0.4, 0.5) is 5.82 Å². The number of aromatic nitrogens is 4. The number of imidazole rings is 1. The van der Waals surface area contributed by atoms with Crippen LogP contribution in [-0.4, -0.2) is 37.9 Å². The van der Waals surface area contributed by atoms with E-state index in [1.807, 2.05) is 13.0 Å². The third-order valence-electron chi connectivity index (χ3n) is 5.51. The minimum Gasteiger partial charge on any atom is -0.384 e. The number of fused-ring (bicyclic) bond motifs is 2. The van der Waals surface area contributed by atoms with Crippen molar-refractivity contribution in [1.29, 1.82) is 0 Å². The van der Waals surface area contributed by atoms with Gasteiger partial charge in [0.25, 0.3) is 0 Å². The van der Waals surface area contributed by atoms with Crippen molar-refractivity contribution in [1.82, 2.24) is 24.8 Å². The lowest BCUT2D eigenvalue weighted by Gasteiger charge is -2.20. The molecule has 0 aliphatic rings. The zero-order chi connectivity index (χ0) is 20.4. The molecule has 0 saturated heterocycles. The van der Waals surface area contributed by atoms with Gasteiger partial charge in [-0.3, -0.25) is 4.90 Å². The molecule has 0 atom stereocenters. The molecular formula is C23H30N6. The van der Waals surface area contributed by atoms with Gasteiger partial charge in [0, 0.05) is 28.7 Å². The van der Waals surface area contributed by atoms with Crippen LogP contribution in [0.1, 0.15) is 44.5 Å². The average molecular weight is 391 g/mol. The second-order valence-electron chi connectivity index (χ2n) is 7.80. The normalized spacial score (nSPS) is 11.9. The van der Waals surface area contributed by atoms with Crippen molar-refractivity contribution >= 4 is 27.9 Å². The zero-order valence-corrected chi connectivity index (χ0v) is 17.5. The second-order valence-corrected chi connectivity index (χ2v) is 7.80. The highest BCUT2D eigenvalue weighted by atomic mass is 15.1. The van der Waals surface area contributed by atoms with E-state index in [1.54, 1.807) is 0 Å². The Bertz CT molecular complexity index is 1120. The van der Waals surface area contributed by atoms with E-state index in [-0.39, 0.29) is 0 Å². The van der Waals surface area contributed by atoms with Crippen molar-refractivity contribution in [2.45, 2.75) is 46.6 Å². The Hall–Kier alpha value is -2.86. The summed E-state index contributed by atoms with van der Waals surface area (Å²) in [6.07, 6.45) is 3.83. The number of nitrogens with two attached hydrogens (primary N) is 1. The van der Waals surface area contributed by atoms with Crippen molar-refractivity contribution < 1.29 is 0 Å². The molecule has 152 valence electrons. The molecule has 0 saturated carbocycles. The largest absolute Gasteiger partial charge is 0.384 e.